The van der Waals surface area contributed by atoms with Crippen LogP contribution in [0.2, 0.25) is 0 Å². The summed E-state index contributed by atoms with van der Waals surface area (Å²) in [5.41, 5.74) is 2.51. The summed E-state index contributed by atoms with van der Waals surface area (Å²) in [7, 11) is 0. The summed E-state index contributed by atoms with van der Waals surface area (Å²) in [6.45, 7) is 3.57. The second-order valence-corrected chi connectivity index (χ2v) is 4.57. The van der Waals surface area contributed by atoms with Crippen LogP contribution in [-0.4, -0.2) is 13.3 Å². The van der Waals surface area contributed by atoms with Gasteiger partial charge in [0.25, 0.3) is 0 Å². The van der Waals surface area contributed by atoms with Gasteiger partial charge in [-0.05, 0) is 43.5 Å². The summed E-state index contributed by atoms with van der Waals surface area (Å²) in [6, 6.07) is 4.83. The molecule has 1 aromatic rings. The summed E-state index contributed by atoms with van der Waals surface area (Å²) in [6.07, 6.45) is 3.82. The van der Waals surface area contributed by atoms with Crippen molar-refractivity contribution in [3.63, 3.8) is 0 Å². The first-order valence-electron chi connectivity index (χ1n) is 5.98. The van der Waals surface area contributed by atoms with Gasteiger partial charge in [0.1, 0.15) is 0 Å². The van der Waals surface area contributed by atoms with Gasteiger partial charge in [0, 0.05) is 6.04 Å². The second-order valence-electron chi connectivity index (χ2n) is 4.57. The maximum absolute atomic E-state index is 5.46. The van der Waals surface area contributed by atoms with E-state index in [4.69, 9.17) is 9.47 Å². The Morgan fingerprint density at radius 2 is 2.19 bits per heavy atom. The van der Waals surface area contributed by atoms with E-state index in [-0.39, 0.29) is 0 Å². The van der Waals surface area contributed by atoms with Crippen molar-refractivity contribution in [3.05, 3.63) is 23.3 Å². The van der Waals surface area contributed by atoms with E-state index in [1.807, 2.05) is 0 Å². The number of rotatable bonds is 1. The van der Waals surface area contributed by atoms with Gasteiger partial charge < -0.3 is 14.8 Å². The molecule has 2 aliphatic rings. The normalized spacial score (nSPS) is 23.4. The molecular formula is C13H17NO2. The first-order valence-corrected chi connectivity index (χ1v) is 5.98. The topological polar surface area (TPSA) is 30.5 Å². The quantitative estimate of drug-likeness (QED) is 0.787. The molecule has 1 aromatic carbocycles. The van der Waals surface area contributed by atoms with E-state index in [9.17, 15) is 0 Å². The lowest BCUT2D eigenvalue weighted by Crippen LogP contribution is -2.26. The molecule has 2 aliphatic heterocycles. The molecule has 1 saturated heterocycles. The predicted molar refractivity (Wildman–Crippen MR) is 61.9 cm³/mol. The van der Waals surface area contributed by atoms with Crippen LogP contribution in [-0.2, 0) is 0 Å². The smallest absolute Gasteiger partial charge is 0.231 e. The van der Waals surface area contributed by atoms with Crippen molar-refractivity contribution in [1.29, 1.82) is 0 Å². The minimum atomic E-state index is 0.359. The Balaban J connectivity index is 1.92. The van der Waals surface area contributed by atoms with Gasteiger partial charge in [-0.2, -0.15) is 0 Å². The Morgan fingerprint density at radius 1 is 1.25 bits per heavy atom. The lowest BCUT2D eigenvalue weighted by atomic mass is 9.96. The molecule has 0 radical (unpaired) electrons. The lowest BCUT2D eigenvalue weighted by Gasteiger charge is -2.24. The van der Waals surface area contributed by atoms with Crippen molar-refractivity contribution >= 4 is 0 Å². The van der Waals surface area contributed by atoms with E-state index in [1.165, 1.54) is 30.4 Å². The first kappa shape index (κ1) is 9.97. The maximum atomic E-state index is 5.46. The molecular weight excluding hydrogens is 202 g/mol. The van der Waals surface area contributed by atoms with Crippen molar-refractivity contribution in [3.8, 4) is 11.5 Å². The molecule has 2 heterocycles. The zero-order valence-corrected chi connectivity index (χ0v) is 9.58. The number of piperidine rings is 1. The molecule has 0 amide bonds. The molecule has 3 rings (SSSR count). The lowest BCUT2D eigenvalue weighted by molar-refractivity contribution is 0.173. The number of benzene rings is 1. The zero-order chi connectivity index (χ0) is 11.0. The SMILES string of the molecule is Cc1cc(C2CCCCN2)cc2c1OCO2. The van der Waals surface area contributed by atoms with Crippen LogP contribution >= 0.6 is 0 Å². The number of ether oxygens (including phenoxy) is 2. The number of nitrogens with one attached hydrogen (secondary N) is 1. The van der Waals surface area contributed by atoms with Gasteiger partial charge in [0.05, 0.1) is 0 Å². The highest BCUT2D eigenvalue weighted by atomic mass is 16.7. The van der Waals surface area contributed by atoms with E-state index in [0.717, 1.165) is 18.0 Å². The van der Waals surface area contributed by atoms with Gasteiger partial charge in [-0.3, -0.25) is 0 Å². The Bertz CT molecular complexity index is 397. The molecule has 1 unspecified atom stereocenters. The van der Waals surface area contributed by atoms with Crippen LogP contribution in [0.1, 0.15) is 36.4 Å². The Morgan fingerprint density at radius 3 is 3.00 bits per heavy atom. The van der Waals surface area contributed by atoms with Crippen molar-refractivity contribution in [2.45, 2.75) is 32.2 Å². The summed E-state index contributed by atoms with van der Waals surface area (Å²) in [5.74, 6) is 1.82. The van der Waals surface area contributed by atoms with Crippen LogP contribution in [0.5, 0.6) is 11.5 Å². The fraction of sp³-hybridized carbons (Fsp3) is 0.538. The van der Waals surface area contributed by atoms with E-state index in [1.54, 1.807) is 0 Å². The molecule has 1 atom stereocenters. The molecule has 0 spiro atoms. The molecule has 1 fully saturated rings. The van der Waals surface area contributed by atoms with Crippen LogP contribution < -0.4 is 14.8 Å². The molecule has 3 nitrogen and oxygen atoms in total. The van der Waals surface area contributed by atoms with Gasteiger partial charge in [-0.1, -0.05) is 12.5 Å². The van der Waals surface area contributed by atoms with E-state index in [0.29, 0.717) is 12.8 Å². The molecule has 0 aromatic heterocycles. The van der Waals surface area contributed by atoms with Gasteiger partial charge in [0.15, 0.2) is 11.5 Å². The predicted octanol–water partition coefficient (Wildman–Crippen LogP) is 2.54. The Labute approximate surface area is 95.8 Å². The summed E-state index contributed by atoms with van der Waals surface area (Å²) in [5, 5.41) is 3.56. The number of hydrogen-bond acceptors (Lipinski definition) is 3. The third-order valence-corrected chi connectivity index (χ3v) is 3.39. The molecule has 16 heavy (non-hydrogen) atoms. The van der Waals surface area contributed by atoms with Crippen LogP contribution in [0.25, 0.3) is 0 Å². The maximum Gasteiger partial charge on any atom is 0.231 e. The third-order valence-electron chi connectivity index (χ3n) is 3.39. The van der Waals surface area contributed by atoms with E-state index in [2.05, 4.69) is 24.4 Å². The Kier molecular flexibility index (Phi) is 2.48. The van der Waals surface area contributed by atoms with Gasteiger partial charge >= 0.3 is 0 Å². The number of aryl methyl sites for hydroxylation is 1. The second kappa shape index (κ2) is 3.98. The van der Waals surface area contributed by atoms with Crippen LogP contribution in [0.15, 0.2) is 12.1 Å². The van der Waals surface area contributed by atoms with Crippen LogP contribution in [0, 0.1) is 6.92 Å². The fourth-order valence-corrected chi connectivity index (χ4v) is 2.55. The molecule has 1 N–H and O–H groups in total. The number of hydrogen-bond donors (Lipinski definition) is 1. The van der Waals surface area contributed by atoms with Crippen molar-refractivity contribution in [2.75, 3.05) is 13.3 Å². The van der Waals surface area contributed by atoms with E-state index < -0.39 is 0 Å². The summed E-state index contributed by atoms with van der Waals surface area (Å²) < 4.78 is 10.9. The van der Waals surface area contributed by atoms with Crippen molar-refractivity contribution in [2.24, 2.45) is 0 Å². The van der Waals surface area contributed by atoms with Crippen molar-refractivity contribution < 1.29 is 9.47 Å². The van der Waals surface area contributed by atoms with Crippen LogP contribution in [0.3, 0.4) is 0 Å². The van der Waals surface area contributed by atoms with Gasteiger partial charge in [0.2, 0.25) is 6.79 Å². The highest BCUT2D eigenvalue weighted by Gasteiger charge is 2.21. The molecule has 0 aliphatic carbocycles. The average molecular weight is 219 g/mol. The van der Waals surface area contributed by atoms with Gasteiger partial charge in [-0.15, -0.1) is 0 Å². The largest absolute Gasteiger partial charge is 0.454 e. The molecule has 86 valence electrons. The molecule has 0 bridgehead atoms. The summed E-state index contributed by atoms with van der Waals surface area (Å²) >= 11 is 0. The standard InChI is InChI=1S/C13H17NO2/c1-9-6-10(11-4-2-3-5-14-11)7-12-13(9)16-8-15-12/h6-7,11,14H,2-5,8H2,1H3. The minimum Gasteiger partial charge on any atom is -0.454 e. The number of fused-ring (bicyclic) bond motifs is 1. The van der Waals surface area contributed by atoms with Crippen LogP contribution in [0.4, 0.5) is 0 Å². The first-order chi connectivity index (χ1) is 7.84. The minimum absolute atomic E-state index is 0.359. The zero-order valence-electron chi connectivity index (χ0n) is 9.58. The third kappa shape index (κ3) is 1.65. The summed E-state index contributed by atoms with van der Waals surface area (Å²) in [4.78, 5) is 0. The highest BCUT2D eigenvalue weighted by Crippen LogP contribution is 2.38. The van der Waals surface area contributed by atoms with Crippen molar-refractivity contribution in [1.82, 2.24) is 5.32 Å². The Hall–Kier alpha value is -1.22. The highest BCUT2D eigenvalue weighted by molar-refractivity contribution is 5.51. The van der Waals surface area contributed by atoms with Gasteiger partial charge in [-0.25, -0.2) is 0 Å². The molecule has 0 saturated carbocycles. The monoisotopic (exact) mass is 219 g/mol. The van der Waals surface area contributed by atoms with E-state index >= 15 is 0 Å². The molecule has 3 heteroatoms. The fourth-order valence-electron chi connectivity index (χ4n) is 2.55. The average Bonchev–Trinajstić information content (AvgIpc) is 2.79.